The molecule has 0 unspecified atom stereocenters. The highest BCUT2D eigenvalue weighted by molar-refractivity contribution is 6.02. The quantitative estimate of drug-likeness (QED) is 0.764. The Labute approximate surface area is 155 Å². The highest BCUT2D eigenvalue weighted by Crippen LogP contribution is 2.21. The molecule has 2 rings (SSSR count). The maximum Gasteiger partial charge on any atom is 0.268 e. The van der Waals surface area contributed by atoms with Crippen molar-refractivity contribution in [3.63, 3.8) is 0 Å². The summed E-state index contributed by atoms with van der Waals surface area (Å²) >= 11 is 0. The highest BCUT2D eigenvalue weighted by Gasteiger charge is 2.27. The predicted molar refractivity (Wildman–Crippen MR) is 101 cm³/mol. The summed E-state index contributed by atoms with van der Waals surface area (Å²) in [5.41, 5.74) is 2.66. The molecule has 6 nitrogen and oxygen atoms in total. The van der Waals surface area contributed by atoms with E-state index in [9.17, 15) is 14.4 Å². The maximum absolute atomic E-state index is 12.7. The Kier molecular flexibility index (Phi) is 6.62. The number of aromatic amines is 1. The van der Waals surface area contributed by atoms with Crippen molar-refractivity contribution in [2.45, 2.75) is 66.3 Å². The first-order valence-electron chi connectivity index (χ1n) is 9.55. The summed E-state index contributed by atoms with van der Waals surface area (Å²) in [6.07, 6.45) is 2.73. The fraction of sp³-hybridized carbons (Fsp3) is 0.650. The molecule has 0 saturated carbocycles. The number of aryl methyl sites for hydroxylation is 1. The lowest BCUT2D eigenvalue weighted by atomic mass is 10.0. The molecule has 6 heteroatoms. The number of Topliss-reactive ketones (excluding diaryl/α,β-unsaturated/α-hetero) is 1. The SMILES string of the molecule is CCc1c(C(=O)NC2CCN(C(=O)CC(C)C)CC2)[nH]c(C)c1C(C)=O. The number of nitrogens with one attached hydrogen (secondary N) is 2. The molecule has 2 N–H and O–H groups in total. The number of likely N-dealkylation sites (tertiary alicyclic amines) is 1. The second-order valence-electron chi connectivity index (χ2n) is 7.61. The number of hydrogen-bond donors (Lipinski definition) is 2. The van der Waals surface area contributed by atoms with Gasteiger partial charge in [0, 0.05) is 36.8 Å². The van der Waals surface area contributed by atoms with Crippen LogP contribution in [0.1, 0.15) is 79.1 Å². The molecular weight excluding hydrogens is 330 g/mol. The fourth-order valence-corrected chi connectivity index (χ4v) is 3.71. The van der Waals surface area contributed by atoms with Crippen molar-refractivity contribution in [2.75, 3.05) is 13.1 Å². The number of amides is 2. The van der Waals surface area contributed by atoms with Crippen molar-refractivity contribution in [1.82, 2.24) is 15.2 Å². The number of ketones is 1. The van der Waals surface area contributed by atoms with E-state index in [4.69, 9.17) is 0 Å². The van der Waals surface area contributed by atoms with Gasteiger partial charge in [0.1, 0.15) is 5.69 Å². The molecule has 0 radical (unpaired) electrons. The lowest BCUT2D eigenvalue weighted by molar-refractivity contribution is -0.133. The van der Waals surface area contributed by atoms with E-state index >= 15 is 0 Å². The zero-order valence-corrected chi connectivity index (χ0v) is 16.6. The van der Waals surface area contributed by atoms with Crippen LogP contribution in [0.5, 0.6) is 0 Å². The van der Waals surface area contributed by atoms with Gasteiger partial charge in [-0.25, -0.2) is 0 Å². The number of rotatable bonds is 6. The lowest BCUT2D eigenvalue weighted by Gasteiger charge is -2.32. The normalized spacial score (nSPS) is 15.4. The third kappa shape index (κ3) is 4.54. The molecule has 144 valence electrons. The minimum absolute atomic E-state index is 0.0216. The van der Waals surface area contributed by atoms with Gasteiger partial charge in [-0.2, -0.15) is 0 Å². The van der Waals surface area contributed by atoms with Gasteiger partial charge in [-0.15, -0.1) is 0 Å². The van der Waals surface area contributed by atoms with Crippen molar-refractivity contribution in [2.24, 2.45) is 5.92 Å². The molecule has 1 aliphatic rings. The minimum atomic E-state index is -0.163. The van der Waals surface area contributed by atoms with Gasteiger partial charge in [0.15, 0.2) is 5.78 Å². The monoisotopic (exact) mass is 361 g/mol. The number of carbonyl (C=O) groups is 3. The standard InChI is InChI=1S/C20H31N3O3/c1-6-16-18(14(5)24)13(4)21-19(16)20(26)22-15-7-9-23(10-8-15)17(25)11-12(2)3/h12,15,21H,6-11H2,1-5H3,(H,22,26). The summed E-state index contributed by atoms with van der Waals surface area (Å²) in [7, 11) is 0. The van der Waals surface area contributed by atoms with E-state index in [0.29, 0.717) is 43.1 Å². The second-order valence-corrected chi connectivity index (χ2v) is 7.61. The van der Waals surface area contributed by atoms with Crippen LogP contribution >= 0.6 is 0 Å². The number of piperidine rings is 1. The number of hydrogen-bond acceptors (Lipinski definition) is 3. The van der Waals surface area contributed by atoms with E-state index in [-0.39, 0.29) is 23.6 Å². The van der Waals surface area contributed by atoms with Gasteiger partial charge in [-0.05, 0) is 44.6 Å². The fourth-order valence-electron chi connectivity index (χ4n) is 3.71. The summed E-state index contributed by atoms with van der Waals surface area (Å²) in [5.74, 6) is 0.374. The first-order valence-corrected chi connectivity index (χ1v) is 9.55. The Bertz CT molecular complexity index is 683. The smallest absolute Gasteiger partial charge is 0.268 e. The van der Waals surface area contributed by atoms with E-state index in [0.717, 1.165) is 24.1 Å². The van der Waals surface area contributed by atoms with Crippen LogP contribution in [0.2, 0.25) is 0 Å². The molecule has 1 aromatic rings. The third-order valence-corrected chi connectivity index (χ3v) is 4.99. The number of aromatic nitrogens is 1. The minimum Gasteiger partial charge on any atom is -0.354 e. The Morgan fingerprint density at radius 1 is 1.23 bits per heavy atom. The molecule has 1 aliphatic heterocycles. The average Bonchev–Trinajstić information content (AvgIpc) is 2.91. The molecule has 26 heavy (non-hydrogen) atoms. The van der Waals surface area contributed by atoms with Crippen LogP contribution in [0, 0.1) is 12.8 Å². The van der Waals surface area contributed by atoms with Crippen molar-refractivity contribution < 1.29 is 14.4 Å². The van der Waals surface area contributed by atoms with Gasteiger partial charge in [0.2, 0.25) is 5.91 Å². The average molecular weight is 361 g/mol. The van der Waals surface area contributed by atoms with Gasteiger partial charge in [0.05, 0.1) is 0 Å². The Morgan fingerprint density at radius 3 is 2.35 bits per heavy atom. The van der Waals surface area contributed by atoms with Crippen LogP contribution in [-0.2, 0) is 11.2 Å². The van der Waals surface area contributed by atoms with E-state index in [2.05, 4.69) is 10.3 Å². The molecule has 0 bridgehead atoms. The molecule has 0 atom stereocenters. The number of H-pyrrole nitrogens is 1. The lowest BCUT2D eigenvalue weighted by Crippen LogP contribution is -2.46. The van der Waals surface area contributed by atoms with Crippen LogP contribution in [0.3, 0.4) is 0 Å². The summed E-state index contributed by atoms with van der Waals surface area (Å²) in [6.45, 7) is 10.8. The molecule has 0 aromatic carbocycles. The Hall–Kier alpha value is -2.11. The van der Waals surface area contributed by atoms with E-state index in [1.165, 1.54) is 6.92 Å². The van der Waals surface area contributed by atoms with E-state index in [1.807, 2.05) is 32.6 Å². The Balaban J connectivity index is 1.99. The molecule has 0 aliphatic carbocycles. The second kappa shape index (κ2) is 8.52. The van der Waals surface area contributed by atoms with Crippen molar-refractivity contribution in [1.29, 1.82) is 0 Å². The molecule has 1 aromatic heterocycles. The van der Waals surface area contributed by atoms with Crippen LogP contribution in [0.4, 0.5) is 0 Å². The van der Waals surface area contributed by atoms with Gasteiger partial charge in [0.25, 0.3) is 5.91 Å². The summed E-state index contributed by atoms with van der Waals surface area (Å²) < 4.78 is 0. The topological polar surface area (TPSA) is 82.3 Å². The first-order chi connectivity index (χ1) is 12.2. The largest absolute Gasteiger partial charge is 0.354 e. The third-order valence-electron chi connectivity index (χ3n) is 4.99. The first kappa shape index (κ1) is 20.2. The van der Waals surface area contributed by atoms with Gasteiger partial charge in [-0.1, -0.05) is 20.8 Å². The van der Waals surface area contributed by atoms with Gasteiger partial charge < -0.3 is 15.2 Å². The molecular formula is C20H31N3O3. The molecule has 2 amide bonds. The summed E-state index contributed by atoms with van der Waals surface area (Å²) in [5, 5.41) is 3.07. The molecule has 1 fully saturated rings. The highest BCUT2D eigenvalue weighted by atomic mass is 16.2. The van der Waals surface area contributed by atoms with E-state index in [1.54, 1.807) is 0 Å². The number of nitrogens with zero attached hydrogens (tertiary/aromatic N) is 1. The van der Waals surface area contributed by atoms with Crippen LogP contribution < -0.4 is 5.32 Å². The van der Waals surface area contributed by atoms with E-state index < -0.39 is 0 Å². The predicted octanol–water partition coefficient (Wildman–Crippen LogP) is 2.86. The summed E-state index contributed by atoms with van der Waals surface area (Å²) in [4.78, 5) is 41.7. The van der Waals surface area contributed by atoms with Crippen molar-refractivity contribution in [3.05, 3.63) is 22.5 Å². The Morgan fingerprint density at radius 2 is 1.85 bits per heavy atom. The van der Waals surface area contributed by atoms with Gasteiger partial charge >= 0.3 is 0 Å². The van der Waals surface area contributed by atoms with Crippen LogP contribution in [-0.4, -0.2) is 46.6 Å². The molecule has 2 heterocycles. The maximum atomic E-state index is 12.7. The zero-order valence-electron chi connectivity index (χ0n) is 16.6. The van der Waals surface area contributed by atoms with Crippen LogP contribution in [0.25, 0.3) is 0 Å². The van der Waals surface area contributed by atoms with Gasteiger partial charge in [-0.3, -0.25) is 14.4 Å². The van der Waals surface area contributed by atoms with Crippen LogP contribution in [0.15, 0.2) is 0 Å². The molecule has 0 spiro atoms. The van der Waals surface area contributed by atoms with Crippen molar-refractivity contribution >= 4 is 17.6 Å². The summed E-state index contributed by atoms with van der Waals surface area (Å²) in [6, 6.07) is 0.0553. The molecule has 1 saturated heterocycles. The number of carbonyl (C=O) groups excluding carboxylic acids is 3. The van der Waals surface area contributed by atoms with Crippen molar-refractivity contribution in [3.8, 4) is 0 Å². The zero-order chi connectivity index (χ0) is 19.4.